The van der Waals surface area contributed by atoms with Gasteiger partial charge in [-0.1, -0.05) is 24.3 Å². The van der Waals surface area contributed by atoms with Gasteiger partial charge in [0.25, 0.3) is 0 Å². The number of nitrogens with zero attached hydrogens (tertiary/aromatic N) is 2. The average Bonchev–Trinajstić information content (AvgIpc) is 2.45. The Morgan fingerprint density at radius 3 is 2.75 bits per heavy atom. The molecule has 0 saturated carbocycles. The molecule has 0 bridgehead atoms. The molecule has 1 amide bonds. The summed E-state index contributed by atoms with van der Waals surface area (Å²) < 4.78 is 0. The summed E-state index contributed by atoms with van der Waals surface area (Å²) in [6, 6.07) is 8.25. The molecule has 0 fully saturated rings. The first-order valence-corrected chi connectivity index (χ1v) is 7.28. The van der Waals surface area contributed by atoms with Crippen molar-refractivity contribution in [3.05, 3.63) is 35.4 Å². The predicted octanol–water partition coefficient (Wildman–Crippen LogP) is 1.28. The third kappa shape index (κ3) is 3.58. The maximum Gasteiger partial charge on any atom is 0.231 e. The summed E-state index contributed by atoms with van der Waals surface area (Å²) in [5.41, 5.74) is 2.44. The van der Waals surface area contributed by atoms with E-state index in [-0.39, 0.29) is 11.8 Å². The molecule has 1 aromatic carbocycles. The fraction of sp³-hybridized carbons (Fsp3) is 0.562. The lowest BCUT2D eigenvalue weighted by Gasteiger charge is -2.29. The van der Waals surface area contributed by atoms with E-state index in [1.54, 1.807) is 0 Å². The molecule has 0 saturated heterocycles. The average molecular weight is 275 g/mol. The van der Waals surface area contributed by atoms with Gasteiger partial charge in [-0.05, 0) is 38.2 Å². The monoisotopic (exact) mass is 275 g/mol. The summed E-state index contributed by atoms with van der Waals surface area (Å²) >= 11 is 0. The summed E-state index contributed by atoms with van der Waals surface area (Å²) in [6.07, 6.45) is 1.01. The number of carbonyl (C=O) groups is 1. The van der Waals surface area contributed by atoms with Crippen LogP contribution in [-0.2, 0) is 11.3 Å². The summed E-state index contributed by atoms with van der Waals surface area (Å²) in [5, 5.41) is 3.35. The summed E-state index contributed by atoms with van der Waals surface area (Å²) in [5.74, 6) is 0.188. The van der Waals surface area contributed by atoms with Gasteiger partial charge in [0, 0.05) is 26.7 Å². The van der Waals surface area contributed by atoms with Crippen LogP contribution in [0.15, 0.2) is 24.3 Å². The Hall–Kier alpha value is -1.39. The van der Waals surface area contributed by atoms with Gasteiger partial charge in [0.05, 0.1) is 5.92 Å². The first-order chi connectivity index (χ1) is 9.59. The van der Waals surface area contributed by atoms with Crippen LogP contribution in [0, 0.1) is 0 Å². The molecule has 2 rings (SSSR count). The van der Waals surface area contributed by atoms with Crippen LogP contribution in [0.4, 0.5) is 0 Å². The van der Waals surface area contributed by atoms with E-state index in [9.17, 15) is 4.79 Å². The van der Waals surface area contributed by atoms with Crippen molar-refractivity contribution in [2.45, 2.75) is 18.9 Å². The Bertz CT molecular complexity index is 459. The van der Waals surface area contributed by atoms with Gasteiger partial charge >= 0.3 is 0 Å². The van der Waals surface area contributed by atoms with Crippen molar-refractivity contribution in [1.82, 2.24) is 15.1 Å². The van der Waals surface area contributed by atoms with E-state index in [1.807, 2.05) is 24.1 Å². The number of hydrogen-bond acceptors (Lipinski definition) is 3. The molecule has 1 N–H and O–H groups in total. The second kappa shape index (κ2) is 6.86. The maximum absolute atomic E-state index is 12.6. The van der Waals surface area contributed by atoms with Crippen molar-refractivity contribution in [3.63, 3.8) is 0 Å². The Morgan fingerprint density at radius 2 is 2.00 bits per heavy atom. The number of fused-ring (bicyclic) bond motifs is 1. The number of rotatable bonds is 5. The molecule has 1 heterocycles. The van der Waals surface area contributed by atoms with Crippen LogP contribution in [-0.4, -0.2) is 56.5 Å². The molecule has 110 valence electrons. The molecule has 0 radical (unpaired) electrons. The van der Waals surface area contributed by atoms with Crippen LogP contribution in [0.2, 0.25) is 0 Å². The van der Waals surface area contributed by atoms with Gasteiger partial charge < -0.3 is 15.1 Å². The van der Waals surface area contributed by atoms with E-state index in [1.165, 1.54) is 11.1 Å². The van der Waals surface area contributed by atoms with E-state index >= 15 is 0 Å². The molecule has 1 unspecified atom stereocenters. The van der Waals surface area contributed by atoms with E-state index in [0.29, 0.717) is 0 Å². The second-order valence-corrected chi connectivity index (χ2v) is 5.80. The van der Waals surface area contributed by atoms with E-state index in [0.717, 1.165) is 32.6 Å². The fourth-order valence-electron chi connectivity index (χ4n) is 2.72. The molecular weight excluding hydrogens is 250 g/mol. The first kappa shape index (κ1) is 15.0. The third-order valence-electron chi connectivity index (χ3n) is 3.87. The Balaban J connectivity index is 1.99. The fourth-order valence-corrected chi connectivity index (χ4v) is 2.72. The first-order valence-electron chi connectivity index (χ1n) is 7.28. The molecule has 1 aliphatic rings. The molecule has 1 atom stereocenters. The van der Waals surface area contributed by atoms with Gasteiger partial charge in [0.1, 0.15) is 0 Å². The largest absolute Gasteiger partial charge is 0.345 e. The zero-order valence-corrected chi connectivity index (χ0v) is 12.7. The molecule has 1 aromatic rings. The van der Waals surface area contributed by atoms with E-state index in [2.05, 4.69) is 36.4 Å². The molecule has 4 heteroatoms. The summed E-state index contributed by atoms with van der Waals surface area (Å²) in [7, 11) is 6.03. The minimum atomic E-state index is -0.0377. The molecule has 1 aliphatic heterocycles. The lowest BCUT2D eigenvalue weighted by atomic mass is 9.90. The number of likely N-dealkylation sites (N-methyl/N-ethyl adjacent to an activating group) is 1. The van der Waals surface area contributed by atoms with Gasteiger partial charge in [-0.15, -0.1) is 0 Å². The van der Waals surface area contributed by atoms with Crippen LogP contribution >= 0.6 is 0 Å². The van der Waals surface area contributed by atoms with Gasteiger partial charge in [-0.25, -0.2) is 0 Å². The normalized spacial score (nSPS) is 17.9. The van der Waals surface area contributed by atoms with E-state index < -0.39 is 0 Å². The Labute approximate surface area is 121 Å². The lowest BCUT2D eigenvalue weighted by Crippen LogP contribution is -2.40. The Morgan fingerprint density at radius 1 is 1.25 bits per heavy atom. The highest BCUT2D eigenvalue weighted by Crippen LogP contribution is 2.25. The number of carbonyl (C=O) groups excluding carboxylic acids is 1. The van der Waals surface area contributed by atoms with Crippen LogP contribution < -0.4 is 5.32 Å². The molecule has 0 aliphatic carbocycles. The maximum atomic E-state index is 12.6. The number of benzene rings is 1. The molecular formula is C16H25N3O. The van der Waals surface area contributed by atoms with Crippen molar-refractivity contribution in [2.75, 3.05) is 40.8 Å². The van der Waals surface area contributed by atoms with Gasteiger partial charge in [0.2, 0.25) is 5.91 Å². The topological polar surface area (TPSA) is 35.6 Å². The number of amides is 1. The molecule has 20 heavy (non-hydrogen) atoms. The highest BCUT2D eigenvalue weighted by molar-refractivity contribution is 5.84. The van der Waals surface area contributed by atoms with E-state index in [4.69, 9.17) is 0 Å². The smallest absolute Gasteiger partial charge is 0.231 e. The van der Waals surface area contributed by atoms with Crippen LogP contribution in [0.3, 0.4) is 0 Å². The zero-order valence-electron chi connectivity index (χ0n) is 12.7. The highest BCUT2D eigenvalue weighted by Gasteiger charge is 2.27. The minimum absolute atomic E-state index is 0.0377. The van der Waals surface area contributed by atoms with Crippen LogP contribution in [0.25, 0.3) is 0 Å². The molecule has 0 spiro atoms. The summed E-state index contributed by atoms with van der Waals surface area (Å²) in [6.45, 7) is 3.44. The Kier molecular flexibility index (Phi) is 5.15. The van der Waals surface area contributed by atoms with Gasteiger partial charge in [0.15, 0.2) is 0 Å². The highest BCUT2D eigenvalue weighted by atomic mass is 16.2. The summed E-state index contributed by atoms with van der Waals surface area (Å²) in [4.78, 5) is 16.6. The van der Waals surface area contributed by atoms with Crippen LogP contribution in [0.1, 0.15) is 23.5 Å². The SMILES string of the molecule is CN(C)CCCN(C)C(=O)C1CNCc2ccccc21. The van der Waals surface area contributed by atoms with Crippen molar-refractivity contribution in [3.8, 4) is 0 Å². The number of nitrogens with one attached hydrogen (secondary N) is 1. The minimum Gasteiger partial charge on any atom is -0.345 e. The van der Waals surface area contributed by atoms with Gasteiger partial charge in [-0.3, -0.25) is 4.79 Å². The van der Waals surface area contributed by atoms with Crippen LogP contribution in [0.5, 0.6) is 0 Å². The quantitative estimate of drug-likeness (QED) is 0.879. The standard InChI is InChI=1S/C16H25N3O/c1-18(2)9-6-10-19(3)16(20)15-12-17-11-13-7-4-5-8-14(13)15/h4-5,7-8,15,17H,6,9-12H2,1-3H3. The second-order valence-electron chi connectivity index (χ2n) is 5.80. The molecule has 4 nitrogen and oxygen atoms in total. The van der Waals surface area contributed by atoms with Gasteiger partial charge in [-0.2, -0.15) is 0 Å². The third-order valence-corrected chi connectivity index (χ3v) is 3.87. The van der Waals surface area contributed by atoms with Crippen molar-refractivity contribution >= 4 is 5.91 Å². The number of hydrogen-bond donors (Lipinski definition) is 1. The molecule has 0 aromatic heterocycles. The predicted molar refractivity (Wildman–Crippen MR) is 81.7 cm³/mol. The van der Waals surface area contributed by atoms with Crippen molar-refractivity contribution in [2.24, 2.45) is 0 Å². The lowest BCUT2D eigenvalue weighted by molar-refractivity contribution is -0.131. The van der Waals surface area contributed by atoms with Crippen molar-refractivity contribution in [1.29, 1.82) is 0 Å². The van der Waals surface area contributed by atoms with Crippen molar-refractivity contribution < 1.29 is 4.79 Å². The zero-order chi connectivity index (χ0) is 14.5.